The van der Waals surface area contributed by atoms with Crippen LogP contribution in [0, 0.1) is 13.8 Å². The topological polar surface area (TPSA) is 63.7 Å². The zero-order chi connectivity index (χ0) is 20.5. The summed E-state index contributed by atoms with van der Waals surface area (Å²) >= 11 is 0. The number of ether oxygens (including phenoxy) is 2. The van der Waals surface area contributed by atoms with Gasteiger partial charge in [-0.1, -0.05) is 12.1 Å². The number of fused-ring (bicyclic) bond motifs is 1. The number of aromatic nitrogens is 1. The van der Waals surface area contributed by atoms with Gasteiger partial charge < -0.3 is 14.8 Å². The van der Waals surface area contributed by atoms with Gasteiger partial charge in [0.1, 0.15) is 11.5 Å². The van der Waals surface area contributed by atoms with Gasteiger partial charge in [0.2, 0.25) is 0 Å². The molecule has 0 spiro atoms. The largest absolute Gasteiger partial charge is 0.497 e. The lowest BCUT2D eigenvalue weighted by molar-refractivity contribution is 0.0992. The van der Waals surface area contributed by atoms with E-state index in [1.807, 2.05) is 13.8 Å². The fourth-order valence-corrected chi connectivity index (χ4v) is 3.59. The molecule has 148 valence electrons. The van der Waals surface area contributed by atoms with Crippen molar-refractivity contribution in [1.82, 2.24) is 4.98 Å². The molecule has 0 aliphatic carbocycles. The number of carbonyl (C=O) groups is 1. The van der Waals surface area contributed by atoms with Crippen molar-refractivity contribution in [2.75, 3.05) is 24.4 Å². The first-order valence-corrected chi connectivity index (χ1v) is 9.37. The zero-order valence-corrected chi connectivity index (χ0v) is 16.9. The van der Waals surface area contributed by atoms with Crippen LogP contribution in [0.4, 0.5) is 11.4 Å². The minimum atomic E-state index is -0.472. The van der Waals surface area contributed by atoms with Crippen LogP contribution in [0.2, 0.25) is 0 Å². The molecule has 29 heavy (non-hydrogen) atoms. The maximum Gasteiger partial charge on any atom is 0.262 e. The molecule has 1 aliphatic heterocycles. The maximum absolute atomic E-state index is 13.4. The van der Waals surface area contributed by atoms with Crippen LogP contribution in [0.1, 0.15) is 33.3 Å². The standard InChI is InChI=1S/C23H23N3O3/c1-14-7-8-15(2)18(12-14)25-22-21-17(6-5-11-24-21)23(27)26(22)19-13-16(28-3)9-10-20(19)29-4/h5-13,22,25H,1-4H3/t22-/m0/s1. The predicted molar refractivity (Wildman–Crippen MR) is 113 cm³/mol. The number of rotatable bonds is 5. The van der Waals surface area contributed by atoms with Crippen LogP contribution in [0.3, 0.4) is 0 Å². The van der Waals surface area contributed by atoms with Crippen LogP contribution in [0.5, 0.6) is 11.5 Å². The maximum atomic E-state index is 13.4. The molecule has 3 aromatic rings. The molecule has 1 aliphatic rings. The smallest absolute Gasteiger partial charge is 0.262 e. The van der Waals surface area contributed by atoms with Gasteiger partial charge in [-0.25, -0.2) is 0 Å². The summed E-state index contributed by atoms with van der Waals surface area (Å²) in [6.07, 6.45) is 1.23. The minimum Gasteiger partial charge on any atom is -0.497 e. The van der Waals surface area contributed by atoms with E-state index in [1.54, 1.807) is 55.6 Å². The molecule has 2 aromatic carbocycles. The molecule has 1 atom stereocenters. The molecular formula is C23H23N3O3. The quantitative estimate of drug-likeness (QED) is 0.697. The van der Waals surface area contributed by atoms with Crippen molar-refractivity contribution in [3.63, 3.8) is 0 Å². The molecule has 4 rings (SSSR count). The van der Waals surface area contributed by atoms with E-state index in [-0.39, 0.29) is 5.91 Å². The number of methoxy groups -OCH3 is 2. The molecule has 0 unspecified atom stereocenters. The first-order valence-electron chi connectivity index (χ1n) is 9.37. The fourth-order valence-electron chi connectivity index (χ4n) is 3.59. The molecule has 1 N–H and O–H groups in total. The van der Waals surface area contributed by atoms with Crippen LogP contribution in [0.25, 0.3) is 0 Å². The second-order valence-electron chi connectivity index (χ2n) is 7.01. The lowest BCUT2D eigenvalue weighted by Crippen LogP contribution is -2.33. The van der Waals surface area contributed by atoms with Gasteiger partial charge in [-0.3, -0.25) is 14.7 Å². The van der Waals surface area contributed by atoms with Crippen molar-refractivity contribution in [1.29, 1.82) is 0 Å². The third kappa shape index (κ3) is 3.27. The first kappa shape index (κ1) is 18.8. The molecule has 1 aromatic heterocycles. The molecule has 6 nitrogen and oxygen atoms in total. The fraction of sp³-hybridized carbons (Fsp3) is 0.217. The normalized spacial score (nSPS) is 15.2. The number of anilines is 2. The first-order chi connectivity index (χ1) is 14.0. The molecule has 0 radical (unpaired) electrons. The van der Waals surface area contributed by atoms with Gasteiger partial charge in [0, 0.05) is 18.0 Å². The van der Waals surface area contributed by atoms with Crippen LogP contribution < -0.4 is 19.7 Å². The van der Waals surface area contributed by atoms with Crippen LogP contribution in [-0.4, -0.2) is 25.1 Å². The van der Waals surface area contributed by atoms with Gasteiger partial charge in [0.15, 0.2) is 6.17 Å². The third-order valence-corrected chi connectivity index (χ3v) is 5.14. The molecular weight excluding hydrogens is 366 g/mol. The minimum absolute atomic E-state index is 0.137. The number of amides is 1. The summed E-state index contributed by atoms with van der Waals surface area (Å²) in [6, 6.07) is 15.2. The Bertz CT molecular complexity index is 1080. The Hall–Kier alpha value is -3.54. The zero-order valence-electron chi connectivity index (χ0n) is 16.9. The predicted octanol–water partition coefficient (Wildman–Crippen LogP) is 4.49. The second kappa shape index (κ2) is 7.47. The number of nitrogens with one attached hydrogen (secondary N) is 1. The van der Waals surface area contributed by atoms with Gasteiger partial charge in [0.05, 0.1) is 31.2 Å². The van der Waals surface area contributed by atoms with Gasteiger partial charge in [-0.2, -0.15) is 0 Å². The highest BCUT2D eigenvalue weighted by Crippen LogP contribution is 2.42. The van der Waals surface area contributed by atoms with E-state index < -0.39 is 6.17 Å². The molecule has 6 heteroatoms. The van der Waals surface area contributed by atoms with E-state index in [1.165, 1.54) is 0 Å². The SMILES string of the molecule is COc1ccc(OC)c(N2C(=O)c3cccnc3[C@H]2Nc2cc(C)ccc2C)c1. The summed E-state index contributed by atoms with van der Waals surface area (Å²) in [5.41, 5.74) is 5.05. The summed E-state index contributed by atoms with van der Waals surface area (Å²) in [6.45, 7) is 4.08. The number of hydrogen-bond donors (Lipinski definition) is 1. The van der Waals surface area contributed by atoms with E-state index >= 15 is 0 Å². The average molecular weight is 389 g/mol. The van der Waals surface area contributed by atoms with E-state index in [0.29, 0.717) is 28.4 Å². The summed E-state index contributed by atoms with van der Waals surface area (Å²) in [4.78, 5) is 19.6. The summed E-state index contributed by atoms with van der Waals surface area (Å²) < 4.78 is 10.9. The van der Waals surface area contributed by atoms with Crippen molar-refractivity contribution >= 4 is 17.3 Å². The Kier molecular flexibility index (Phi) is 4.84. The highest BCUT2D eigenvalue weighted by molar-refractivity contribution is 6.11. The Balaban J connectivity index is 1.86. The lowest BCUT2D eigenvalue weighted by atomic mass is 10.1. The highest BCUT2D eigenvalue weighted by atomic mass is 16.5. The highest BCUT2D eigenvalue weighted by Gasteiger charge is 2.40. The van der Waals surface area contributed by atoms with Crippen molar-refractivity contribution in [2.24, 2.45) is 0 Å². The van der Waals surface area contributed by atoms with E-state index in [4.69, 9.17) is 9.47 Å². The summed E-state index contributed by atoms with van der Waals surface area (Å²) in [5, 5.41) is 3.52. The van der Waals surface area contributed by atoms with Crippen LogP contribution in [-0.2, 0) is 0 Å². The second-order valence-corrected chi connectivity index (χ2v) is 7.01. The van der Waals surface area contributed by atoms with E-state index in [2.05, 4.69) is 28.5 Å². The number of pyridine rings is 1. The third-order valence-electron chi connectivity index (χ3n) is 5.14. The Morgan fingerprint density at radius 1 is 1.03 bits per heavy atom. The van der Waals surface area contributed by atoms with Crippen molar-refractivity contribution in [2.45, 2.75) is 20.0 Å². The summed E-state index contributed by atoms with van der Waals surface area (Å²) in [5.74, 6) is 1.09. The van der Waals surface area contributed by atoms with Crippen LogP contribution in [0.15, 0.2) is 54.7 Å². The van der Waals surface area contributed by atoms with Crippen molar-refractivity contribution in [3.05, 3.63) is 77.1 Å². The van der Waals surface area contributed by atoms with Crippen LogP contribution >= 0.6 is 0 Å². The van der Waals surface area contributed by atoms with Gasteiger partial charge in [-0.05, 0) is 55.3 Å². The van der Waals surface area contributed by atoms with Crippen molar-refractivity contribution in [3.8, 4) is 11.5 Å². The molecule has 0 saturated heterocycles. The van der Waals surface area contributed by atoms with Gasteiger partial charge in [-0.15, -0.1) is 0 Å². The van der Waals surface area contributed by atoms with Gasteiger partial charge in [0.25, 0.3) is 5.91 Å². The number of benzene rings is 2. The van der Waals surface area contributed by atoms with Crippen molar-refractivity contribution < 1.29 is 14.3 Å². The monoisotopic (exact) mass is 389 g/mol. The Morgan fingerprint density at radius 2 is 1.86 bits per heavy atom. The van der Waals surface area contributed by atoms with E-state index in [0.717, 1.165) is 16.8 Å². The Labute approximate surface area is 170 Å². The number of carbonyl (C=O) groups excluding carboxylic acids is 1. The number of aryl methyl sites for hydroxylation is 2. The molecule has 0 saturated carbocycles. The number of nitrogens with zero attached hydrogens (tertiary/aromatic N) is 2. The molecule has 2 heterocycles. The summed E-state index contributed by atoms with van der Waals surface area (Å²) in [7, 11) is 3.18. The molecule has 1 amide bonds. The number of hydrogen-bond acceptors (Lipinski definition) is 5. The van der Waals surface area contributed by atoms with E-state index in [9.17, 15) is 4.79 Å². The average Bonchev–Trinajstić information content (AvgIpc) is 3.02. The van der Waals surface area contributed by atoms with Gasteiger partial charge >= 0.3 is 0 Å². The molecule has 0 bridgehead atoms. The lowest BCUT2D eigenvalue weighted by Gasteiger charge is -2.28. The Morgan fingerprint density at radius 3 is 2.62 bits per heavy atom. The molecule has 0 fully saturated rings.